The third kappa shape index (κ3) is 9.11. The topological polar surface area (TPSA) is 0 Å². The minimum absolute atomic E-state index is 1.32. The lowest BCUT2D eigenvalue weighted by Crippen LogP contribution is -2.32. The van der Waals surface area contributed by atoms with Crippen LogP contribution in [0.2, 0.25) is 18.1 Å². The molecule has 110 valence electrons. The lowest BCUT2D eigenvalue weighted by molar-refractivity contribution is 0.802. The van der Waals surface area contributed by atoms with Crippen molar-refractivity contribution in [3.8, 4) is 11.5 Å². The zero-order chi connectivity index (χ0) is 14.6. The summed E-state index contributed by atoms with van der Waals surface area (Å²) < 4.78 is 0. The van der Waals surface area contributed by atoms with Crippen LogP contribution in [-0.2, 0) is 0 Å². The Morgan fingerprint density at radius 2 is 1.26 bits per heavy atom. The van der Waals surface area contributed by atoms with Gasteiger partial charge in [0.2, 0.25) is 0 Å². The summed E-state index contributed by atoms with van der Waals surface area (Å²) in [6.45, 7) is 11.2. The van der Waals surface area contributed by atoms with Crippen molar-refractivity contribution in [2.24, 2.45) is 0 Å². The van der Waals surface area contributed by atoms with Crippen LogP contribution in [0.3, 0.4) is 0 Å². The summed E-state index contributed by atoms with van der Waals surface area (Å²) in [4.78, 5) is 0. The van der Waals surface area contributed by atoms with Crippen LogP contribution < -0.4 is 0 Å². The van der Waals surface area contributed by atoms with Crippen LogP contribution in [0.15, 0.2) is 11.6 Å². The molecule has 0 heterocycles. The van der Waals surface area contributed by atoms with Crippen LogP contribution in [0.25, 0.3) is 0 Å². The molecule has 0 rings (SSSR count). The molecular weight excluding hydrogens is 244 g/mol. The van der Waals surface area contributed by atoms with E-state index in [0.717, 1.165) is 0 Å². The van der Waals surface area contributed by atoms with Gasteiger partial charge in [-0.3, -0.25) is 0 Å². The van der Waals surface area contributed by atoms with Crippen LogP contribution in [0.5, 0.6) is 0 Å². The van der Waals surface area contributed by atoms with Gasteiger partial charge in [-0.05, 0) is 38.1 Å². The van der Waals surface area contributed by atoms with E-state index >= 15 is 0 Å². The summed E-state index contributed by atoms with van der Waals surface area (Å²) in [6, 6.07) is 4.27. The van der Waals surface area contributed by atoms with Crippen LogP contribution in [-0.4, -0.2) is 8.07 Å². The zero-order valence-corrected chi connectivity index (χ0v) is 14.9. The molecule has 0 saturated heterocycles. The van der Waals surface area contributed by atoms with E-state index in [1.807, 2.05) is 0 Å². The van der Waals surface area contributed by atoms with Gasteiger partial charge in [-0.15, -0.1) is 5.54 Å². The van der Waals surface area contributed by atoms with Gasteiger partial charge >= 0.3 is 0 Å². The Morgan fingerprint density at radius 1 is 0.842 bits per heavy atom. The van der Waals surface area contributed by atoms with E-state index in [9.17, 15) is 0 Å². The molecule has 0 fully saturated rings. The predicted octanol–water partition coefficient (Wildman–Crippen LogP) is 6.34. The molecule has 0 amide bonds. The molecule has 0 aromatic carbocycles. The molecular formula is C18H34Si. The van der Waals surface area contributed by atoms with Crippen molar-refractivity contribution in [2.45, 2.75) is 91.3 Å². The van der Waals surface area contributed by atoms with Gasteiger partial charge in [0, 0.05) is 0 Å². The summed E-state index contributed by atoms with van der Waals surface area (Å²) in [5.74, 6) is 3.40. The Bertz CT molecular complexity index is 278. The minimum Gasteiger partial charge on any atom is -0.126 e. The quantitative estimate of drug-likeness (QED) is 0.341. The van der Waals surface area contributed by atoms with Gasteiger partial charge in [-0.25, -0.2) is 0 Å². The predicted molar refractivity (Wildman–Crippen MR) is 92.1 cm³/mol. The third-order valence-corrected chi connectivity index (χ3v) is 8.33. The Hall–Kier alpha value is -0.483. The van der Waals surface area contributed by atoms with E-state index in [-0.39, 0.29) is 0 Å². The molecule has 0 radical (unpaired) electrons. The molecule has 0 atom stereocenters. The van der Waals surface area contributed by atoms with Crippen molar-refractivity contribution >= 4 is 8.07 Å². The number of hydrogen-bond donors (Lipinski definition) is 0. The normalized spacial score (nSPS) is 10.8. The third-order valence-electron chi connectivity index (χ3n) is 3.72. The number of allylic oxidation sites excluding steroid dienone is 2. The van der Waals surface area contributed by atoms with E-state index in [4.69, 9.17) is 0 Å². The second-order valence-electron chi connectivity index (χ2n) is 6.08. The Balaban J connectivity index is 4.94. The smallest absolute Gasteiger partial charge is 0.126 e. The highest BCUT2D eigenvalue weighted by molar-refractivity contribution is 6.87. The van der Waals surface area contributed by atoms with Crippen molar-refractivity contribution in [1.82, 2.24) is 0 Å². The van der Waals surface area contributed by atoms with Gasteiger partial charge < -0.3 is 0 Å². The van der Waals surface area contributed by atoms with Crippen molar-refractivity contribution in [2.75, 3.05) is 0 Å². The molecule has 0 N–H and O–H groups in total. The number of rotatable bonds is 9. The summed E-state index contributed by atoms with van der Waals surface area (Å²) in [7, 11) is -1.33. The van der Waals surface area contributed by atoms with Crippen LogP contribution >= 0.6 is 0 Å². The zero-order valence-electron chi connectivity index (χ0n) is 13.9. The fraction of sp³-hybridized carbons (Fsp3) is 0.778. The first-order valence-corrected chi connectivity index (χ1v) is 10.9. The maximum absolute atomic E-state index is 3.78. The largest absolute Gasteiger partial charge is 0.138 e. The van der Waals surface area contributed by atoms with Crippen molar-refractivity contribution < 1.29 is 0 Å². The Morgan fingerprint density at radius 3 is 1.58 bits per heavy atom. The van der Waals surface area contributed by atoms with Gasteiger partial charge in [-0.2, -0.15) is 0 Å². The summed E-state index contributed by atoms with van der Waals surface area (Å²) in [5.41, 5.74) is 5.11. The van der Waals surface area contributed by atoms with Crippen LogP contribution in [0.1, 0.15) is 73.1 Å². The molecule has 0 aromatic heterocycles. The van der Waals surface area contributed by atoms with Crippen LogP contribution in [0, 0.1) is 11.5 Å². The first-order valence-electron chi connectivity index (χ1n) is 8.26. The molecule has 19 heavy (non-hydrogen) atoms. The second kappa shape index (κ2) is 11.4. The van der Waals surface area contributed by atoms with E-state index in [0.29, 0.717) is 0 Å². The number of hydrogen-bond acceptors (Lipinski definition) is 0. The van der Waals surface area contributed by atoms with Gasteiger partial charge in [0.15, 0.2) is 0 Å². The molecule has 0 bridgehead atoms. The lowest BCUT2D eigenvalue weighted by atomic mass is 10.3. The highest BCUT2D eigenvalue weighted by Crippen LogP contribution is 2.27. The number of unbranched alkanes of at least 4 members (excludes halogenated alkanes) is 3. The molecule has 0 unspecified atom stereocenters. The monoisotopic (exact) mass is 278 g/mol. The van der Waals surface area contributed by atoms with Gasteiger partial charge in [0.25, 0.3) is 0 Å². The lowest BCUT2D eigenvalue weighted by Gasteiger charge is -2.26. The second-order valence-corrected chi connectivity index (χ2v) is 10.4. The molecule has 0 aliphatic heterocycles. The fourth-order valence-corrected chi connectivity index (χ4v) is 7.04. The molecule has 0 nitrogen and oxygen atoms in total. The van der Waals surface area contributed by atoms with Crippen molar-refractivity contribution in [1.29, 1.82) is 0 Å². The van der Waals surface area contributed by atoms with E-state index in [1.165, 1.54) is 62.2 Å². The minimum atomic E-state index is -1.33. The van der Waals surface area contributed by atoms with Gasteiger partial charge in [0.05, 0.1) is 0 Å². The average Bonchev–Trinajstić information content (AvgIpc) is 2.39. The first-order chi connectivity index (χ1) is 9.10. The van der Waals surface area contributed by atoms with E-state index in [2.05, 4.69) is 52.2 Å². The average molecular weight is 279 g/mol. The Labute approximate surface area is 123 Å². The maximum atomic E-state index is 3.78. The first kappa shape index (κ1) is 18.5. The van der Waals surface area contributed by atoms with Crippen molar-refractivity contribution in [3.63, 3.8) is 0 Å². The van der Waals surface area contributed by atoms with Gasteiger partial charge in [-0.1, -0.05) is 70.8 Å². The van der Waals surface area contributed by atoms with Gasteiger partial charge in [0.1, 0.15) is 8.07 Å². The summed E-state index contributed by atoms with van der Waals surface area (Å²) >= 11 is 0. The summed E-state index contributed by atoms with van der Waals surface area (Å²) in [6.07, 6.45) is 10.2. The van der Waals surface area contributed by atoms with E-state index in [1.54, 1.807) is 0 Å². The SMILES string of the molecule is CCCC[Si](C#CC=C(C)C)(CCCC)CCCC. The fourth-order valence-electron chi connectivity index (χ4n) is 2.44. The molecule has 0 aliphatic carbocycles. The molecule has 0 spiro atoms. The Kier molecular flexibility index (Phi) is 11.1. The van der Waals surface area contributed by atoms with Crippen molar-refractivity contribution in [3.05, 3.63) is 11.6 Å². The van der Waals surface area contributed by atoms with E-state index < -0.39 is 8.07 Å². The molecule has 0 aliphatic rings. The molecule has 0 aromatic rings. The highest BCUT2D eigenvalue weighted by atomic mass is 28.3. The molecule has 0 saturated carbocycles. The summed E-state index contributed by atoms with van der Waals surface area (Å²) in [5, 5.41) is 0. The molecule has 1 heteroatoms. The standard InChI is InChI=1S/C18H34Si/c1-6-9-14-19(15-10-7-2,16-11-8-3)17-12-13-18(4)5/h13H,6-11,14-16H2,1-5H3. The highest BCUT2D eigenvalue weighted by Gasteiger charge is 2.29. The van der Waals surface area contributed by atoms with Crippen LogP contribution in [0.4, 0.5) is 0 Å². The maximum Gasteiger partial charge on any atom is 0.138 e.